The number of halogens is 4. The molecule has 10 heteroatoms. The second kappa shape index (κ2) is 12.8. The van der Waals surface area contributed by atoms with Crippen LogP contribution in [0.1, 0.15) is 34.3 Å². The molecule has 3 rings (SSSR count). The molecule has 1 amide bonds. The van der Waals surface area contributed by atoms with E-state index in [4.69, 9.17) is 10.2 Å². The van der Waals surface area contributed by atoms with Crippen molar-refractivity contribution in [3.05, 3.63) is 68.0 Å². The van der Waals surface area contributed by atoms with Crippen LogP contribution in [-0.2, 0) is 11.2 Å². The third-order valence-electron chi connectivity index (χ3n) is 6.11. The smallest absolute Gasteiger partial charge is 0.254 e. The van der Waals surface area contributed by atoms with Crippen molar-refractivity contribution in [3.8, 4) is 0 Å². The third-order valence-corrected chi connectivity index (χ3v) is 6.78. The molecule has 35 heavy (non-hydrogen) atoms. The average Bonchev–Trinajstić information content (AvgIpc) is 2.79. The fourth-order valence-electron chi connectivity index (χ4n) is 4.18. The van der Waals surface area contributed by atoms with Crippen molar-refractivity contribution >= 4 is 34.3 Å². The van der Waals surface area contributed by atoms with Crippen LogP contribution in [0.15, 0.2) is 30.3 Å². The number of rotatable bonds is 12. The first kappa shape index (κ1) is 27.6. The highest BCUT2D eigenvalue weighted by molar-refractivity contribution is 14.1. The Morgan fingerprint density at radius 3 is 2.31 bits per heavy atom. The first-order valence-electron chi connectivity index (χ1n) is 11.4. The zero-order chi connectivity index (χ0) is 25.5. The topological polar surface area (TPSA) is 81.1 Å². The van der Waals surface area contributed by atoms with Gasteiger partial charge in [0, 0.05) is 72.6 Å². The molecular formula is C25H28F3IN2O4. The number of Topliss-reactive ketones (excluding diaryl/α,β-unsaturated/α-hetero) is 1. The van der Waals surface area contributed by atoms with Crippen LogP contribution in [0.5, 0.6) is 0 Å². The number of aliphatic hydroxyl groups excluding tert-OH is 2. The first-order chi connectivity index (χ1) is 16.7. The summed E-state index contributed by atoms with van der Waals surface area (Å²) in [7, 11) is 0. The Balaban J connectivity index is 1.61. The van der Waals surface area contributed by atoms with Crippen LogP contribution in [-0.4, -0.2) is 77.6 Å². The summed E-state index contributed by atoms with van der Waals surface area (Å²) in [5.74, 6) is -3.32. The molecule has 0 saturated carbocycles. The molecule has 0 aliphatic carbocycles. The summed E-state index contributed by atoms with van der Waals surface area (Å²) in [5, 5.41) is 18.1. The summed E-state index contributed by atoms with van der Waals surface area (Å²) in [6.07, 6.45) is 0.301. The quantitative estimate of drug-likeness (QED) is 0.365. The molecule has 1 aliphatic heterocycles. The van der Waals surface area contributed by atoms with Gasteiger partial charge in [0.15, 0.2) is 11.6 Å². The Kier molecular flexibility index (Phi) is 10.1. The highest BCUT2D eigenvalue weighted by atomic mass is 127. The molecule has 2 aromatic carbocycles. The van der Waals surface area contributed by atoms with E-state index in [0.717, 1.165) is 6.07 Å². The molecule has 1 fully saturated rings. The Bertz CT molecular complexity index is 1060. The monoisotopic (exact) mass is 604 g/mol. The van der Waals surface area contributed by atoms with Crippen molar-refractivity contribution in [3.63, 3.8) is 0 Å². The average molecular weight is 604 g/mol. The van der Waals surface area contributed by atoms with Crippen LogP contribution in [0, 0.1) is 26.9 Å². The molecule has 6 nitrogen and oxygen atoms in total. The van der Waals surface area contributed by atoms with Gasteiger partial charge in [-0.1, -0.05) is 6.07 Å². The van der Waals surface area contributed by atoms with E-state index in [1.807, 2.05) is 22.6 Å². The standard InChI is InChI=1S/C25H28F3IN2O4/c26-22-4-3-20(21(24(22)28)12-17-1-2-18(29)13-23(17)27)25(35)31-14-16(15-31)11-19(34)5-6-30(7-9-32)8-10-33/h1-4,13,16,32-33H,5-12,14-15H2. The largest absolute Gasteiger partial charge is 0.395 e. The van der Waals surface area contributed by atoms with Crippen molar-refractivity contribution in [1.29, 1.82) is 0 Å². The fraction of sp³-hybridized carbons (Fsp3) is 0.440. The molecule has 0 atom stereocenters. The van der Waals surface area contributed by atoms with E-state index in [0.29, 0.717) is 36.3 Å². The Hall–Kier alpha value is -2.02. The minimum absolute atomic E-state index is 0.0183. The van der Waals surface area contributed by atoms with E-state index in [1.54, 1.807) is 11.0 Å². The highest BCUT2D eigenvalue weighted by Gasteiger charge is 2.34. The lowest BCUT2D eigenvalue weighted by atomic mass is 9.91. The number of hydrogen-bond donors (Lipinski definition) is 2. The highest BCUT2D eigenvalue weighted by Crippen LogP contribution is 2.27. The number of benzene rings is 2. The van der Waals surface area contributed by atoms with E-state index in [2.05, 4.69) is 0 Å². The molecule has 0 unspecified atom stereocenters. The van der Waals surface area contributed by atoms with Gasteiger partial charge >= 0.3 is 0 Å². The summed E-state index contributed by atoms with van der Waals surface area (Å²) in [5.41, 5.74) is -0.0507. The zero-order valence-electron chi connectivity index (χ0n) is 19.2. The molecule has 2 aromatic rings. The van der Waals surface area contributed by atoms with Crippen LogP contribution in [0.3, 0.4) is 0 Å². The first-order valence-corrected chi connectivity index (χ1v) is 12.5. The number of nitrogens with zero attached hydrogens (tertiary/aromatic N) is 2. The van der Waals surface area contributed by atoms with Crippen LogP contribution in [0.2, 0.25) is 0 Å². The van der Waals surface area contributed by atoms with Gasteiger partial charge < -0.3 is 15.1 Å². The number of carbonyl (C=O) groups excluding carboxylic acids is 2. The molecule has 1 saturated heterocycles. The van der Waals surface area contributed by atoms with Crippen LogP contribution in [0.4, 0.5) is 13.2 Å². The third kappa shape index (κ3) is 7.25. The second-order valence-corrected chi connectivity index (χ2v) is 9.90. The number of likely N-dealkylation sites (tertiary alicyclic amines) is 1. The van der Waals surface area contributed by atoms with Crippen molar-refractivity contribution in [2.45, 2.75) is 19.3 Å². The molecule has 0 radical (unpaired) electrons. The number of ketones is 1. The second-order valence-electron chi connectivity index (χ2n) is 8.66. The van der Waals surface area contributed by atoms with Crippen molar-refractivity contribution in [2.24, 2.45) is 5.92 Å². The van der Waals surface area contributed by atoms with Gasteiger partial charge in [-0.25, -0.2) is 13.2 Å². The summed E-state index contributed by atoms with van der Waals surface area (Å²) >= 11 is 1.95. The normalized spacial score (nSPS) is 13.9. The summed E-state index contributed by atoms with van der Waals surface area (Å²) < 4.78 is 43.6. The van der Waals surface area contributed by atoms with Gasteiger partial charge in [-0.05, 0) is 52.4 Å². The van der Waals surface area contributed by atoms with Gasteiger partial charge in [-0.15, -0.1) is 0 Å². The maximum Gasteiger partial charge on any atom is 0.254 e. The molecule has 0 bridgehead atoms. The fourth-order valence-corrected chi connectivity index (χ4v) is 4.63. The Labute approximate surface area is 215 Å². The minimum atomic E-state index is -1.17. The van der Waals surface area contributed by atoms with E-state index < -0.39 is 23.4 Å². The predicted molar refractivity (Wildman–Crippen MR) is 133 cm³/mol. The maximum absolute atomic E-state index is 14.7. The molecular weight excluding hydrogens is 576 g/mol. The van der Waals surface area contributed by atoms with Gasteiger partial charge in [0.1, 0.15) is 11.6 Å². The number of carbonyl (C=O) groups is 2. The van der Waals surface area contributed by atoms with Gasteiger partial charge in [0.25, 0.3) is 5.91 Å². The summed E-state index contributed by atoms with van der Waals surface area (Å²) in [6, 6.07) is 6.54. The zero-order valence-corrected chi connectivity index (χ0v) is 21.3. The SMILES string of the molecule is O=C(CCN(CCO)CCO)CC1CN(C(=O)c2ccc(F)c(F)c2Cc2ccc(I)cc2F)C1. The maximum atomic E-state index is 14.7. The Morgan fingerprint density at radius 1 is 1.00 bits per heavy atom. The molecule has 2 N–H and O–H groups in total. The van der Waals surface area contributed by atoms with E-state index in [9.17, 15) is 22.8 Å². The molecule has 1 aliphatic rings. The number of aliphatic hydroxyl groups is 2. The summed E-state index contributed by atoms with van der Waals surface area (Å²) in [6.45, 7) is 1.70. The minimum Gasteiger partial charge on any atom is -0.395 e. The van der Waals surface area contributed by atoms with Crippen LogP contribution < -0.4 is 0 Å². The molecule has 0 spiro atoms. The van der Waals surface area contributed by atoms with Gasteiger partial charge in [0.05, 0.1) is 13.2 Å². The summed E-state index contributed by atoms with van der Waals surface area (Å²) in [4.78, 5) is 28.6. The van der Waals surface area contributed by atoms with E-state index in [1.165, 1.54) is 23.1 Å². The van der Waals surface area contributed by atoms with Crippen molar-refractivity contribution < 1.29 is 33.0 Å². The van der Waals surface area contributed by atoms with Crippen molar-refractivity contribution in [1.82, 2.24) is 9.80 Å². The predicted octanol–water partition coefficient (Wildman–Crippen LogP) is 3.01. The van der Waals surface area contributed by atoms with Crippen LogP contribution in [0.25, 0.3) is 0 Å². The van der Waals surface area contributed by atoms with Crippen molar-refractivity contribution in [2.75, 3.05) is 45.9 Å². The lowest BCUT2D eigenvalue weighted by Gasteiger charge is -2.39. The molecule has 0 aromatic heterocycles. The number of amides is 1. The number of hydrogen-bond acceptors (Lipinski definition) is 5. The van der Waals surface area contributed by atoms with E-state index >= 15 is 0 Å². The molecule has 1 heterocycles. The van der Waals surface area contributed by atoms with Gasteiger partial charge in [0.2, 0.25) is 0 Å². The Morgan fingerprint density at radius 2 is 1.69 bits per heavy atom. The van der Waals surface area contributed by atoms with Crippen LogP contribution >= 0.6 is 22.6 Å². The van der Waals surface area contributed by atoms with E-state index in [-0.39, 0.29) is 60.9 Å². The van der Waals surface area contributed by atoms with Gasteiger partial charge in [-0.3, -0.25) is 14.5 Å². The van der Waals surface area contributed by atoms with Gasteiger partial charge in [-0.2, -0.15) is 0 Å². The lowest BCUT2D eigenvalue weighted by molar-refractivity contribution is -0.121. The molecule has 190 valence electrons. The lowest BCUT2D eigenvalue weighted by Crippen LogP contribution is -2.51.